The molecule has 0 aliphatic carbocycles. The fourth-order valence-electron chi connectivity index (χ4n) is 1.37. The third kappa shape index (κ3) is 3.12. The summed E-state index contributed by atoms with van der Waals surface area (Å²) in [6, 6.07) is 5.42. The first-order valence-corrected chi connectivity index (χ1v) is 6.44. The van der Waals surface area contributed by atoms with E-state index >= 15 is 0 Å². The van der Waals surface area contributed by atoms with Crippen molar-refractivity contribution in [2.75, 3.05) is 0 Å². The summed E-state index contributed by atoms with van der Waals surface area (Å²) in [7, 11) is 0. The molecule has 0 aromatic carbocycles. The first kappa shape index (κ1) is 12.7. The van der Waals surface area contributed by atoms with E-state index in [0.29, 0.717) is 12.2 Å². The van der Waals surface area contributed by atoms with E-state index in [0.717, 1.165) is 10.7 Å². The molecule has 2 heterocycles. The molecule has 5 nitrogen and oxygen atoms in total. The Labute approximate surface area is 109 Å². The molecule has 0 fully saturated rings. The van der Waals surface area contributed by atoms with E-state index in [9.17, 15) is 4.79 Å². The lowest BCUT2D eigenvalue weighted by atomic mass is 10.3. The largest absolute Gasteiger partial charge is 0.345 e. The van der Waals surface area contributed by atoms with Crippen molar-refractivity contribution < 1.29 is 4.79 Å². The van der Waals surface area contributed by atoms with E-state index in [1.807, 2.05) is 25.1 Å². The molecule has 0 saturated heterocycles. The van der Waals surface area contributed by atoms with Crippen molar-refractivity contribution in [2.24, 2.45) is 5.73 Å². The maximum absolute atomic E-state index is 11.8. The number of carbonyl (C=O) groups excluding carboxylic acids is 1. The van der Waals surface area contributed by atoms with Crippen molar-refractivity contribution in [1.82, 2.24) is 15.3 Å². The van der Waals surface area contributed by atoms with E-state index in [1.54, 1.807) is 11.6 Å². The van der Waals surface area contributed by atoms with Crippen LogP contribution in [0.2, 0.25) is 0 Å². The monoisotopic (exact) mass is 262 g/mol. The second-order valence-corrected chi connectivity index (χ2v) is 4.75. The molecule has 18 heavy (non-hydrogen) atoms. The Morgan fingerprint density at radius 3 is 3.00 bits per heavy atom. The molecule has 0 spiro atoms. The normalized spacial score (nSPS) is 12.1. The Morgan fingerprint density at radius 1 is 1.56 bits per heavy atom. The highest BCUT2D eigenvalue weighted by atomic mass is 32.1. The summed E-state index contributed by atoms with van der Waals surface area (Å²) >= 11 is 1.40. The molecule has 1 atom stereocenters. The number of carbonyl (C=O) groups is 1. The molecule has 0 aliphatic rings. The first-order valence-electron chi connectivity index (χ1n) is 5.56. The predicted octanol–water partition coefficient (Wildman–Crippen LogP) is 1.49. The minimum atomic E-state index is -0.205. The average Bonchev–Trinajstić information content (AvgIpc) is 2.87. The lowest BCUT2D eigenvalue weighted by molar-refractivity contribution is 0.0946. The molecular weight excluding hydrogens is 248 g/mol. The van der Waals surface area contributed by atoms with Gasteiger partial charge < -0.3 is 11.1 Å². The lowest BCUT2D eigenvalue weighted by Crippen LogP contribution is -2.23. The molecule has 2 rings (SSSR count). The SMILES string of the molecule is CC(N)c1nc(C(=O)NCc2ccccn2)cs1. The zero-order valence-corrected chi connectivity index (χ0v) is 10.8. The number of nitrogens with two attached hydrogens (primary N) is 1. The number of rotatable bonds is 4. The van der Waals surface area contributed by atoms with Gasteiger partial charge in [0.2, 0.25) is 0 Å². The number of nitrogens with one attached hydrogen (secondary N) is 1. The molecule has 0 aliphatic heterocycles. The summed E-state index contributed by atoms with van der Waals surface area (Å²) < 4.78 is 0. The minimum absolute atomic E-state index is 0.146. The number of hydrogen-bond donors (Lipinski definition) is 2. The standard InChI is InChI=1S/C12H14N4OS/c1-8(13)12-16-10(7-18-12)11(17)15-6-9-4-2-3-5-14-9/h2-5,7-8H,6,13H2,1H3,(H,15,17). The van der Waals surface area contributed by atoms with Gasteiger partial charge in [0.1, 0.15) is 10.7 Å². The Bertz CT molecular complexity index is 524. The smallest absolute Gasteiger partial charge is 0.271 e. The molecule has 3 N–H and O–H groups in total. The van der Waals surface area contributed by atoms with Gasteiger partial charge in [-0.05, 0) is 19.1 Å². The van der Waals surface area contributed by atoms with Crippen LogP contribution >= 0.6 is 11.3 Å². The van der Waals surface area contributed by atoms with E-state index in [1.165, 1.54) is 11.3 Å². The van der Waals surface area contributed by atoms with Crippen LogP contribution in [-0.4, -0.2) is 15.9 Å². The summed E-state index contributed by atoms with van der Waals surface area (Å²) in [5.74, 6) is -0.205. The number of amides is 1. The van der Waals surface area contributed by atoms with Crippen molar-refractivity contribution in [3.05, 3.63) is 46.2 Å². The van der Waals surface area contributed by atoms with Crippen molar-refractivity contribution in [3.8, 4) is 0 Å². The van der Waals surface area contributed by atoms with Crippen LogP contribution in [0.1, 0.15) is 34.2 Å². The van der Waals surface area contributed by atoms with Gasteiger partial charge in [0.15, 0.2) is 0 Å². The highest BCUT2D eigenvalue weighted by Crippen LogP contribution is 2.15. The third-order valence-corrected chi connectivity index (χ3v) is 3.35. The quantitative estimate of drug-likeness (QED) is 0.874. The Hall–Kier alpha value is -1.79. The number of nitrogens with zero attached hydrogens (tertiary/aromatic N) is 2. The molecule has 6 heteroatoms. The van der Waals surface area contributed by atoms with Gasteiger partial charge in [-0.15, -0.1) is 11.3 Å². The van der Waals surface area contributed by atoms with Crippen LogP contribution in [0, 0.1) is 0 Å². The van der Waals surface area contributed by atoms with Crippen LogP contribution in [0.5, 0.6) is 0 Å². The minimum Gasteiger partial charge on any atom is -0.345 e. The Balaban J connectivity index is 1.95. The van der Waals surface area contributed by atoms with Crippen LogP contribution in [0.4, 0.5) is 0 Å². The Kier molecular flexibility index (Phi) is 4.01. The van der Waals surface area contributed by atoms with Gasteiger partial charge in [0, 0.05) is 11.6 Å². The molecule has 0 bridgehead atoms. The first-order chi connectivity index (χ1) is 8.66. The molecule has 2 aromatic heterocycles. The zero-order chi connectivity index (χ0) is 13.0. The number of thiazole rings is 1. The summed E-state index contributed by atoms with van der Waals surface area (Å²) in [6.07, 6.45) is 1.69. The highest BCUT2D eigenvalue weighted by molar-refractivity contribution is 7.09. The topological polar surface area (TPSA) is 80.9 Å². The summed E-state index contributed by atoms with van der Waals surface area (Å²) in [4.78, 5) is 20.1. The summed E-state index contributed by atoms with van der Waals surface area (Å²) in [5, 5.41) is 5.25. The van der Waals surface area contributed by atoms with Gasteiger partial charge in [0.25, 0.3) is 5.91 Å². The van der Waals surface area contributed by atoms with E-state index in [2.05, 4.69) is 15.3 Å². The Morgan fingerprint density at radius 2 is 2.39 bits per heavy atom. The maximum atomic E-state index is 11.8. The molecule has 2 aromatic rings. The maximum Gasteiger partial charge on any atom is 0.271 e. The lowest BCUT2D eigenvalue weighted by Gasteiger charge is -2.02. The van der Waals surface area contributed by atoms with Gasteiger partial charge >= 0.3 is 0 Å². The van der Waals surface area contributed by atoms with Gasteiger partial charge in [-0.1, -0.05) is 6.07 Å². The average molecular weight is 262 g/mol. The van der Waals surface area contributed by atoms with Crippen molar-refractivity contribution >= 4 is 17.2 Å². The van der Waals surface area contributed by atoms with Crippen LogP contribution in [0.3, 0.4) is 0 Å². The van der Waals surface area contributed by atoms with E-state index in [-0.39, 0.29) is 11.9 Å². The fourth-order valence-corrected chi connectivity index (χ4v) is 2.12. The molecule has 1 unspecified atom stereocenters. The number of aromatic nitrogens is 2. The molecule has 1 amide bonds. The fraction of sp³-hybridized carbons (Fsp3) is 0.250. The van der Waals surface area contributed by atoms with E-state index < -0.39 is 0 Å². The van der Waals surface area contributed by atoms with E-state index in [4.69, 9.17) is 5.73 Å². The van der Waals surface area contributed by atoms with Crippen LogP contribution < -0.4 is 11.1 Å². The summed E-state index contributed by atoms with van der Waals surface area (Å²) in [5.41, 5.74) is 6.92. The summed E-state index contributed by atoms with van der Waals surface area (Å²) in [6.45, 7) is 2.24. The van der Waals surface area contributed by atoms with Crippen LogP contribution in [0.15, 0.2) is 29.8 Å². The molecule has 94 valence electrons. The van der Waals surface area contributed by atoms with Gasteiger partial charge in [0.05, 0.1) is 18.3 Å². The van der Waals surface area contributed by atoms with Crippen molar-refractivity contribution in [1.29, 1.82) is 0 Å². The number of pyridine rings is 1. The van der Waals surface area contributed by atoms with Crippen molar-refractivity contribution in [2.45, 2.75) is 19.5 Å². The molecular formula is C12H14N4OS. The second-order valence-electron chi connectivity index (χ2n) is 3.86. The number of hydrogen-bond acceptors (Lipinski definition) is 5. The highest BCUT2D eigenvalue weighted by Gasteiger charge is 2.12. The molecule has 0 saturated carbocycles. The molecule has 0 radical (unpaired) electrons. The zero-order valence-electron chi connectivity index (χ0n) is 9.96. The van der Waals surface area contributed by atoms with Gasteiger partial charge in [-0.25, -0.2) is 4.98 Å². The van der Waals surface area contributed by atoms with Crippen LogP contribution in [0.25, 0.3) is 0 Å². The van der Waals surface area contributed by atoms with Crippen LogP contribution in [-0.2, 0) is 6.54 Å². The third-order valence-electron chi connectivity index (χ3n) is 2.30. The van der Waals surface area contributed by atoms with Gasteiger partial charge in [-0.2, -0.15) is 0 Å². The second kappa shape index (κ2) is 5.70. The predicted molar refractivity (Wildman–Crippen MR) is 70.1 cm³/mol. The van der Waals surface area contributed by atoms with Gasteiger partial charge in [-0.3, -0.25) is 9.78 Å². The van der Waals surface area contributed by atoms with Crippen molar-refractivity contribution in [3.63, 3.8) is 0 Å².